The van der Waals surface area contributed by atoms with Gasteiger partial charge in [-0.15, -0.1) is 0 Å². The number of amides is 1. The van der Waals surface area contributed by atoms with E-state index in [1.165, 1.54) is 0 Å². The summed E-state index contributed by atoms with van der Waals surface area (Å²) in [5.41, 5.74) is 8.25. The minimum Gasteiger partial charge on any atom is -0.368 e. The molecule has 1 aromatic carbocycles. The first kappa shape index (κ1) is 13.5. The van der Waals surface area contributed by atoms with Gasteiger partial charge in [-0.2, -0.15) is 0 Å². The summed E-state index contributed by atoms with van der Waals surface area (Å²) in [7, 11) is 0. The maximum absolute atomic E-state index is 11.6. The molecule has 19 heavy (non-hydrogen) atoms. The predicted octanol–water partition coefficient (Wildman–Crippen LogP) is 2.07. The number of nitrogens with two attached hydrogens (primary N) is 1. The number of rotatable bonds is 4. The highest BCUT2D eigenvalue weighted by Gasteiger charge is 2.18. The molecule has 0 fully saturated rings. The third-order valence-electron chi connectivity index (χ3n) is 2.97. The molecule has 0 aliphatic heterocycles. The van der Waals surface area contributed by atoms with Crippen molar-refractivity contribution in [1.82, 2.24) is 10.3 Å². The number of pyridine rings is 1. The Morgan fingerprint density at radius 3 is 2.63 bits per heavy atom. The van der Waals surface area contributed by atoms with Crippen LogP contribution in [-0.2, 0) is 4.79 Å². The van der Waals surface area contributed by atoms with Crippen molar-refractivity contribution in [2.24, 2.45) is 5.73 Å². The average Bonchev–Trinajstić information content (AvgIpc) is 2.35. The first-order valence-electron chi connectivity index (χ1n) is 6.40. The zero-order valence-corrected chi connectivity index (χ0v) is 11.5. The molecule has 0 bridgehead atoms. The molecule has 2 aromatic rings. The minimum absolute atomic E-state index is 0.185. The lowest BCUT2D eigenvalue weighted by molar-refractivity contribution is -0.120. The highest BCUT2D eigenvalue weighted by atomic mass is 16.1. The number of nitrogens with zero attached hydrogens (tertiary/aromatic N) is 1. The number of aryl methyl sites for hydroxylation is 1. The molecule has 0 spiro atoms. The Kier molecular flexibility index (Phi) is 3.81. The summed E-state index contributed by atoms with van der Waals surface area (Å²) in [4.78, 5) is 16.0. The summed E-state index contributed by atoms with van der Waals surface area (Å²) in [6, 6.07) is 9.48. The quantitative estimate of drug-likeness (QED) is 0.881. The van der Waals surface area contributed by atoms with Crippen molar-refractivity contribution in [2.45, 2.75) is 32.9 Å². The minimum atomic E-state index is -0.467. The van der Waals surface area contributed by atoms with Crippen molar-refractivity contribution >= 4 is 16.8 Å². The topological polar surface area (TPSA) is 68.0 Å². The number of aromatic nitrogens is 1. The molecule has 0 saturated heterocycles. The van der Waals surface area contributed by atoms with Crippen LogP contribution in [0.15, 0.2) is 30.3 Å². The average molecular weight is 257 g/mol. The van der Waals surface area contributed by atoms with Gasteiger partial charge >= 0.3 is 0 Å². The Bertz CT molecular complexity index is 607. The van der Waals surface area contributed by atoms with Crippen molar-refractivity contribution in [1.29, 1.82) is 0 Å². The number of primary amides is 1. The van der Waals surface area contributed by atoms with Gasteiger partial charge in [0, 0.05) is 17.1 Å². The Hall–Kier alpha value is -1.94. The van der Waals surface area contributed by atoms with Crippen LogP contribution in [0.3, 0.4) is 0 Å². The second kappa shape index (κ2) is 5.36. The molecule has 1 aromatic heterocycles. The van der Waals surface area contributed by atoms with Crippen molar-refractivity contribution in [3.05, 3.63) is 41.6 Å². The van der Waals surface area contributed by atoms with Crippen molar-refractivity contribution in [3.63, 3.8) is 0 Å². The highest BCUT2D eigenvalue weighted by Crippen LogP contribution is 2.20. The van der Waals surface area contributed by atoms with Gasteiger partial charge in [-0.3, -0.25) is 15.1 Å². The molecule has 0 aliphatic carbocycles. The van der Waals surface area contributed by atoms with Crippen LogP contribution in [0, 0.1) is 6.92 Å². The lowest BCUT2D eigenvalue weighted by Crippen LogP contribution is -2.37. The maximum atomic E-state index is 11.6. The number of fused-ring (bicyclic) bond motifs is 1. The van der Waals surface area contributed by atoms with Gasteiger partial charge in [0.05, 0.1) is 5.52 Å². The Labute approximate surface area is 113 Å². The number of hydrogen-bond acceptors (Lipinski definition) is 3. The monoisotopic (exact) mass is 257 g/mol. The molecule has 1 unspecified atom stereocenters. The van der Waals surface area contributed by atoms with Gasteiger partial charge in [0.25, 0.3) is 0 Å². The summed E-state index contributed by atoms with van der Waals surface area (Å²) in [6.45, 7) is 5.93. The number of nitrogens with one attached hydrogen (secondary N) is 1. The second-order valence-corrected chi connectivity index (χ2v) is 5.06. The van der Waals surface area contributed by atoms with Crippen LogP contribution in [-0.4, -0.2) is 16.9 Å². The number of carbonyl (C=O) groups excluding carboxylic acids is 1. The molecular formula is C15H19N3O. The van der Waals surface area contributed by atoms with E-state index in [1.54, 1.807) is 0 Å². The first-order chi connectivity index (χ1) is 8.97. The van der Waals surface area contributed by atoms with Gasteiger partial charge in [0.1, 0.15) is 6.04 Å². The van der Waals surface area contributed by atoms with Crippen LogP contribution in [0.5, 0.6) is 0 Å². The summed E-state index contributed by atoms with van der Waals surface area (Å²) >= 11 is 0. The molecule has 0 radical (unpaired) electrons. The molecule has 0 saturated carbocycles. The van der Waals surface area contributed by atoms with Crippen LogP contribution < -0.4 is 11.1 Å². The standard InChI is InChI=1S/C15H19N3O/c1-9(2)17-14(15(16)19)12-6-7-13-11(8-12)5-4-10(3)18-13/h4-9,14,17H,1-3H3,(H2,16,19). The van der Waals surface area contributed by atoms with E-state index in [4.69, 9.17) is 5.73 Å². The first-order valence-corrected chi connectivity index (χ1v) is 6.40. The van der Waals surface area contributed by atoms with Gasteiger partial charge in [-0.05, 0) is 44.5 Å². The van der Waals surface area contributed by atoms with E-state index in [-0.39, 0.29) is 11.9 Å². The SMILES string of the molecule is Cc1ccc2cc(C(NC(C)C)C(N)=O)ccc2n1. The molecular weight excluding hydrogens is 238 g/mol. The predicted molar refractivity (Wildman–Crippen MR) is 76.7 cm³/mol. The van der Waals surface area contributed by atoms with E-state index >= 15 is 0 Å². The Morgan fingerprint density at radius 1 is 1.26 bits per heavy atom. The summed E-state index contributed by atoms with van der Waals surface area (Å²) in [6.07, 6.45) is 0. The zero-order chi connectivity index (χ0) is 14.0. The summed E-state index contributed by atoms with van der Waals surface area (Å²) < 4.78 is 0. The Balaban J connectivity index is 2.43. The highest BCUT2D eigenvalue weighted by molar-refractivity contribution is 5.85. The molecule has 100 valence electrons. The van der Waals surface area contributed by atoms with Gasteiger partial charge in [-0.1, -0.05) is 12.1 Å². The maximum Gasteiger partial charge on any atom is 0.239 e. The normalized spacial score (nSPS) is 12.8. The third kappa shape index (κ3) is 3.09. The van der Waals surface area contributed by atoms with E-state index in [0.29, 0.717) is 0 Å². The number of benzene rings is 1. The molecule has 3 N–H and O–H groups in total. The van der Waals surface area contributed by atoms with Crippen molar-refractivity contribution < 1.29 is 4.79 Å². The van der Waals surface area contributed by atoms with Crippen LogP contribution in [0.2, 0.25) is 0 Å². The third-order valence-corrected chi connectivity index (χ3v) is 2.97. The molecule has 2 rings (SSSR count). The molecule has 0 aliphatic rings. The van der Waals surface area contributed by atoms with E-state index in [9.17, 15) is 4.79 Å². The smallest absolute Gasteiger partial charge is 0.239 e. The van der Waals surface area contributed by atoms with Gasteiger partial charge in [-0.25, -0.2) is 0 Å². The van der Waals surface area contributed by atoms with Crippen LogP contribution >= 0.6 is 0 Å². The number of carbonyl (C=O) groups is 1. The fourth-order valence-corrected chi connectivity index (χ4v) is 2.10. The summed E-state index contributed by atoms with van der Waals surface area (Å²) in [5.74, 6) is -0.367. The molecule has 4 nitrogen and oxygen atoms in total. The second-order valence-electron chi connectivity index (χ2n) is 5.06. The van der Waals surface area contributed by atoms with Crippen LogP contribution in [0.4, 0.5) is 0 Å². The van der Waals surface area contributed by atoms with Gasteiger partial charge in [0.2, 0.25) is 5.91 Å². The fourth-order valence-electron chi connectivity index (χ4n) is 2.10. The van der Waals surface area contributed by atoms with Gasteiger partial charge < -0.3 is 5.73 Å². The van der Waals surface area contributed by atoms with Crippen molar-refractivity contribution in [2.75, 3.05) is 0 Å². The van der Waals surface area contributed by atoms with E-state index < -0.39 is 6.04 Å². The van der Waals surface area contributed by atoms with Crippen molar-refractivity contribution in [3.8, 4) is 0 Å². The molecule has 1 amide bonds. The molecule has 1 atom stereocenters. The van der Waals surface area contributed by atoms with E-state index in [0.717, 1.165) is 22.2 Å². The Morgan fingerprint density at radius 2 is 2.00 bits per heavy atom. The van der Waals surface area contributed by atoms with E-state index in [1.807, 2.05) is 51.1 Å². The van der Waals surface area contributed by atoms with Gasteiger partial charge in [0.15, 0.2) is 0 Å². The van der Waals surface area contributed by atoms with E-state index in [2.05, 4.69) is 10.3 Å². The zero-order valence-electron chi connectivity index (χ0n) is 11.5. The lowest BCUT2D eigenvalue weighted by atomic mass is 10.0. The van der Waals surface area contributed by atoms with Crippen LogP contribution in [0.25, 0.3) is 10.9 Å². The number of hydrogen-bond donors (Lipinski definition) is 2. The summed E-state index contributed by atoms with van der Waals surface area (Å²) in [5, 5.41) is 4.19. The molecule has 1 heterocycles. The largest absolute Gasteiger partial charge is 0.368 e. The molecule has 4 heteroatoms. The lowest BCUT2D eigenvalue weighted by Gasteiger charge is -2.19. The fraction of sp³-hybridized carbons (Fsp3) is 0.333. The van der Waals surface area contributed by atoms with Crippen LogP contribution in [0.1, 0.15) is 31.1 Å².